The van der Waals surface area contributed by atoms with Crippen LogP contribution in [-0.2, 0) is 0 Å². The molecule has 1 rings (SSSR count). The van der Waals surface area contributed by atoms with Crippen molar-refractivity contribution in [1.82, 2.24) is 0 Å². The zero-order valence-electron chi connectivity index (χ0n) is 11.8. The van der Waals surface area contributed by atoms with E-state index in [9.17, 15) is 0 Å². The molecule has 0 amide bonds. The van der Waals surface area contributed by atoms with Gasteiger partial charge in [-0.3, -0.25) is 0 Å². The lowest BCUT2D eigenvalue weighted by Gasteiger charge is -2.18. The Hall–Kier alpha value is -1.91. The van der Waals surface area contributed by atoms with E-state index in [4.69, 9.17) is 15.7 Å². The lowest BCUT2D eigenvalue weighted by Crippen LogP contribution is -2.26. The third-order valence-electron chi connectivity index (χ3n) is 2.67. The topological polar surface area (TPSA) is 79.9 Å². The van der Waals surface area contributed by atoms with Gasteiger partial charge in [-0.15, -0.1) is 0 Å². The molecular formula is C14H23N3O2. The van der Waals surface area contributed by atoms with Gasteiger partial charge in [0.1, 0.15) is 11.6 Å². The molecule has 0 heterocycles. The number of nitrogens with zero attached hydrogens (tertiary/aromatic N) is 1. The van der Waals surface area contributed by atoms with Crippen LogP contribution in [0.15, 0.2) is 29.4 Å². The molecule has 1 aromatic carbocycles. The summed E-state index contributed by atoms with van der Waals surface area (Å²) in [4.78, 5) is 0. The lowest BCUT2D eigenvalue weighted by molar-refractivity contribution is 0.242. The maximum absolute atomic E-state index is 8.58. The van der Waals surface area contributed by atoms with Crippen molar-refractivity contribution < 1.29 is 9.94 Å². The first-order valence-corrected chi connectivity index (χ1v) is 6.54. The maximum atomic E-state index is 8.58. The van der Waals surface area contributed by atoms with E-state index in [1.54, 1.807) is 0 Å². The molecule has 1 aromatic rings. The van der Waals surface area contributed by atoms with E-state index in [0.717, 1.165) is 17.9 Å². The van der Waals surface area contributed by atoms with Gasteiger partial charge in [0.05, 0.1) is 6.10 Å². The molecule has 0 radical (unpaired) electrons. The second-order valence-corrected chi connectivity index (χ2v) is 4.74. The number of ether oxygens (including phenoxy) is 1. The van der Waals surface area contributed by atoms with Crippen LogP contribution < -0.4 is 15.8 Å². The number of oxime groups is 1. The molecule has 0 aliphatic rings. The van der Waals surface area contributed by atoms with E-state index < -0.39 is 0 Å². The molecule has 1 unspecified atom stereocenters. The van der Waals surface area contributed by atoms with E-state index >= 15 is 0 Å². The molecule has 0 spiro atoms. The summed E-state index contributed by atoms with van der Waals surface area (Å²) >= 11 is 0. The van der Waals surface area contributed by atoms with Crippen LogP contribution in [-0.4, -0.2) is 23.2 Å². The third kappa shape index (κ3) is 5.50. The van der Waals surface area contributed by atoms with Crippen LogP contribution in [0.3, 0.4) is 0 Å². The standard InChI is InChI=1S/C14H23N3O2/c1-4-11(9-14(15)17-18)16-12-5-7-13(8-6-12)19-10(2)3/h5-8,10-11,16,18H,4,9H2,1-3H3,(H2,15,17). The molecule has 5 nitrogen and oxygen atoms in total. The molecule has 106 valence electrons. The van der Waals surface area contributed by atoms with Crippen LogP contribution in [0.25, 0.3) is 0 Å². The molecule has 0 saturated carbocycles. The van der Waals surface area contributed by atoms with Crippen molar-refractivity contribution in [3.8, 4) is 5.75 Å². The number of anilines is 1. The van der Waals surface area contributed by atoms with Crippen molar-refractivity contribution in [3.63, 3.8) is 0 Å². The fraction of sp³-hybridized carbons (Fsp3) is 0.500. The third-order valence-corrected chi connectivity index (χ3v) is 2.67. The molecule has 1 atom stereocenters. The molecule has 5 heteroatoms. The van der Waals surface area contributed by atoms with Crippen molar-refractivity contribution in [1.29, 1.82) is 0 Å². The molecule has 0 saturated heterocycles. The van der Waals surface area contributed by atoms with Crippen LogP contribution in [0.5, 0.6) is 5.75 Å². The number of amidine groups is 1. The number of hydrogen-bond acceptors (Lipinski definition) is 4. The fourth-order valence-electron chi connectivity index (χ4n) is 1.73. The zero-order chi connectivity index (χ0) is 14.3. The second kappa shape index (κ2) is 7.51. The van der Waals surface area contributed by atoms with Crippen LogP contribution in [0.1, 0.15) is 33.6 Å². The number of hydrogen-bond donors (Lipinski definition) is 3. The zero-order valence-corrected chi connectivity index (χ0v) is 11.8. The van der Waals surface area contributed by atoms with Gasteiger partial charge in [-0.2, -0.15) is 0 Å². The minimum Gasteiger partial charge on any atom is -0.491 e. The highest BCUT2D eigenvalue weighted by molar-refractivity contribution is 5.80. The van der Waals surface area contributed by atoms with Crippen LogP contribution in [0, 0.1) is 0 Å². The van der Waals surface area contributed by atoms with E-state index in [1.807, 2.05) is 38.1 Å². The number of benzene rings is 1. The molecule has 0 bridgehead atoms. The van der Waals surface area contributed by atoms with E-state index in [2.05, 4.69) is 17.4 Å². The summed E-state index contributed by atoms with van der Waals surface area (Å²) in [7, 11) is 0. The minimum absolute atomic E-state index is 0.146. The SMILES string of the molecule is CCC(CC(N)=NO)Nc1ccc(OC(C)C)cc1. The summed E-state index contributed by atoms with van der Waals surface area (Å²) in [6.45, 7) is 6.05. The van der Waals surface area contributed by atoms with Gasteiger partial charge in [0, 0.05) is 18.2 Å². The van der Waals surface area contributed by atoms with Gasteiger partial charge in [-0.1, -0.05) is 12.1 Å². The first-order chi connectivity index (χ1) is 9.05. The van der Waals surface area contributed by atoms with Crippen molar-refractivity contribution in [3.05, 3.63) is 24.3 Å². The average molecular weight is 265 g/mol. The molecule has 19 heavy (non-hydrogen) atoms. The van der Waals surface area contributed by atoms with Gasteiger partial charge in [-0.05, 0) is 44.5 Å². The Bertz CT molecular complexity index is 402. The summed E-state index contributed by atoms with van der Waals surface area (Å²) in [6, 6.07) is 7.93. The Labute approximate surface area is 114 Å². The highest BCUT2D eigenvalue weighted by Crippen LogP contribution is 2.18. The van der Waals surface area contributed by atoms with Crippen LogP contribution in [0.4, 0.5) is 5.69 Å². The first kappa shape index (κ1) is 15.1. The van der Waals surface area contributed by atoms with Gasteiger partial charge in [0.2, 0.25) is 0 Å². The van der Waals surface area contributed by atoms with Crippen molar-refractivity contribution >= 4 is 11.5 Å². The van der Waals surface area contributed by atoms with Gasteiger partial charge in [0.15, 0.2) is 0 Å². The smallest absolute Gasteiger partial charge is 0.141 e. The number of rotatable bonds is 7. The summed E-state index contributed by atoms with van der Waals surface area (Å²) in [5, 5.41) is 14.9. The Balaban J connectivity index is 2.60. The molecule has 0 aromatic heterocycles. The van der Waals surface area contributed by atoms with Gasteiger partial charge >= 0.3 is 0 Å². The van der Waals surface area contributed by atoms with Gasteiger partial charge in [-0.25, -0.2) is 0 Å². The Morgan fingerprint density at radius 2 is 2.00 bits per heavy atom. The van der Waals surface area contributed by atoms with Crippen molar-refractivity contribution in [2.45, 2.75) is 45.8 Å². The number of nitrogens with one attached hydrogen (secondary N) is 1. The fourth-order valence-corrected chi connectivity index (χ4v) is 1.73. The second-order valence-electron chi connectivity index (χ2n) is 4.74. The van der Waals surface area contributed by atoms with Gasteiger partial charge < -0.3 is 21.0 Å². The summed E-state index contributed by atoms with van der Waals surface area (Å²) in [6.07, 6.45) is 1.57. The minimum atomic E-state index is 0.146. The Kier molecular flexibility index (Phi) is 5.99. The van der Waals surface area contributed by atoms with Gasteiger partial charge in [0.25, 0.3) is 0 Å². The summed E-state index contributed by atoms with van der Waals surface area (Å²) in [5.41, 5.74) is 6.52. The van der Waals surface area contributed by atoms with Crippen LogP contribution in [0.2, 0.25) is 0 Å². The molecule has 0 aliphatic carbocycles. The first-order valence-electron chi connectivity index (χ1n) is 6.54. The Morgan fingerprint density at radius 3 is 2.47 bits per heavy atom. The molecule has 4 N–H and O–H groups in total. The lowest BCUT2D eigenvalue weighted by atomic mass is 10.1. The highest BCUT2D eigenvalue weighted by atomic mass is 16.5. The molecule has 0 aliphatic heterocycles. The van der Waals surface area contributed by atoms with E-state index in [1.165, 1.54) is 0 Å². The maximum Gasteiger partial charge on any atom is 0.141 e. The van der Waals surface area contributed by atoms with E-state index in [-0.39, 0.29) is 18.0 Å². The number of nitrogens with two attached hydrogens (primary N) is 1. The predicted octanol–water partition coefficient (Wildman–Crippen LogP) is 2.80. The predicted molar refractivity (Wildman–Crippen MR) is 77.9 cm³/mol. The largest absolute Gasteiger partial charge is 0.491 e. The van der Waals surface area contributed by atoms with Crippen molar-refractivity contribution in [2.75, 3.05) is 5.32 Å². The molecule has 0 fully saturated rings. The Morgan fingerprint density at radius 1 is 1.37 bits per heavy atom. The quantitative estimate of drug-likeness (QED) is 0.306. The summed E-state index contributed by atoms with van der Waals surface area (Å²) in [5.74, 6) is 1.09. The highest BCUT2D eigenvalue weighted by Gasteiger charge is 2.09. The van der Waals surface area contributed by atoms with Crippen molar-refractivity contribution in [2.24, 2.45) is 10.9 Å². The average Bonchev–Trinajstić information content (AvgIpc) is 2.39. The van der Waals surface area contributed by atoms with E-state index in [0.29, 0.717) is 6.42 Å². The van der Waals surface area contributed by atoms with Crippen LogP contribution >= 0.6 is 0 Å². The molecular weight excluding hydrogens is 242 g/mol. The summed E-state index contributed by atoms with van der Waals surface area (Å²) < 4.78 is 5.58. The normalized spacial score (nSPS) is 13.4. The monoisotopic (exact) mass is 265 g/mol.